The second-order valence-electron chi connectivity index (χ2n) is 16.4. The number of phosphoric ester groups is 1. The molecule has 15 heteroatoms. The van der Waals surface area contributed by atoms with Crippen LogP contribution in [0, 0.1) is 0 Å². The van der Waals surface area contributed by atoms with Gasteiger partial charge >= 0.3 is 19.8 Å². The van der Waals surface area contributed by atoms with Crippen molar-refractivity contribution in [1.29, 1.82) is 0 Å². The highest BCUT2D eigenvalue weighted by atomic mass is 31.2. The molecule has 1 saturated carbocycles. The van der Waals surface area contributed by atoms with Gasteiger partial charge in [-0.15, -0.1) is 0 Å². The van der Waals surface area contributed by atoms with E-state index < -0.39 is 75.7 Å². The van der Waals surface area contributed by atoms with E-state index in [4.69, 9.17) is 18.5 Å². The summed E-state index contributed by atoms with van der Waals surface area (Å²) in [6.45, 7) is 2.98. The highest BCUT2D eigenvalue weighted by Gasteiger charge is 2.51. The number of ether oxygens (including phenoxy) is 2. The van der Waals surface area contributed by atoms with E-state index in [2.05, 4.69) is 43.4 Å². The molecule has 1 fully saturated rings. The molecule has 0 saturated heterocycles. The number of carbonyl (C=O) groups is 2. The number of aliphatic hydroxyl groups excluding tert-OH is 6. The van der Waals surface area contributed by atoms with Crippen molar-refractivity contribution < 1.29 is 68.2 Å². The van der Waals surface area contributed by atoms with Crippen LogP contribution in [-0.2, 0) is 32.7 Å². The van der Waals surface area contributed by atoms with Crippen molar-refractivity contribution in [2.75, 3.05) is 13.2 Å². The summed E-state index contributed by atoms with van der Waals surface area (Å²) in [5.41, 5.74) is 0. The summed E-state index contributed by atoms with van der Waals surface area (Å²) in [5, 5.41) is 59.7. The summed E-state index contributed by atoms with van der Waals surface area (Å²) in [6.07, 6.45) is 26.8. The Labute approximate surface area is 372 Å². The Kier molecular flexibility index (Phi) is 34.5. The largest absolute Gasteiger partial charge is 0.472 e. The Morgan fingerprint density at radius 2 is 1.00 bits per heavy atom. The molecule has 0 bridgehead atoms. The van der Waals surface area contributed by atoms with Gasteiger partial charge in [-0.3, -0.25) is 18.6 Å². The standard InChI is InChI=1S/C47H83O14P/c1-3-5-6-7-8-9-10-11-12-16-19-22-25-28-31-34-40(49)58-36-39(37-59-62(56,57)61-47-45(54)43(52)42(51)44(53)46(47)55)60-41(50)35-32-29-26-23-20-17-14-13-15-18-21-24-27-30-33-38(48)4-2/h14-15,17-18,23-24,26-27,38-39,42-48,51-55H,3-13,16,19-22,25,28-37H2,1-2H3,(H,56,57)/b17-14-,18-15-,26-23-,27-24-/t38-,39-,42?,43-,44+,45-,46-,47?/m1/s1. The van der Waals surface area contributed by atoms with Crippen LogP contribution in [0.3, 0.4) is 0 Å². The van der Waals surface area contributed by atoms with Crippen molar-refractivity contribution in [3.63, 3.8) is 0 Å². The van der Waals surface area contributed by atoms with Gasteiger partial charge in [0, 0.05) is 12.8 Å². The van der Waals surface area contributed by atoms with Crippen LogP contribution < -0.4 is 0 Å². The number of carbonyl (C=O) groups excluding carboxylic acids is 2. The zero-order chi connectivity index (χ0) is 45.9. The number of hydrogen-bond donors (Lipinski definition) is 7. The van der Waals surface area contributed by atoms with Crippen LogP contribution in [0.15, 0.2) is 48.6 Å². The summed E-state index contributed by atoms with van der Waals surface area (Å²) >= 11 is 0. The highest BCUT2D eigenvalue weighted by molar-refractivity contribution is 7.47. The lowest BCUT2D eigenvalue weighted by Crippen LogP contribution is -2.64. The lowest BCUT2D eigenvalue weighted by atomic mass is 9.85. The van der Waals surface area contributed by atoms with E-state index in [1.54, 1.807) is 0 Å². The maximum Gasteiger partial charge on any atom is 0.472 e. The van der Waals surface area contributed by atoms with Gasteiger partial charge in [0.05, 0.1) is 12.7 Å². The van der Waals surface area contributed by atoms with Gasteiger partial charge in [0.1, 0.15) is 43.2 Å². The Bertz CT molecular complexity index is 1290. The number of esters is 2. The first-order valence-corrected chi connectivity index (χ1v) is 25.0. The maximum atomic E-state index is 12.8. The third-order valence-corrected chi connectivity index (χ3v) is 11.8. The Morgan fingerprint density at radius 1 is 0.565 bits per heavy atom. The summed E-state index contributed by atoms with van der Waals surface area (Å²) < 4.78 is 33.5. The van der Waals surface area contributed by atoms with Crippen molar-refractivity contribution in [1.82, 2.24) is 0 Å². The van der Waals surface area contributed by atoms with Gasteiger partial charge in [-0.1, -0.05) is 152 Å². The topological polar surface area (TPSA) is 230 Å². The maximum absolute atomic E-state index is 12.8. The van der Waals surface area contributed by atoms with Crippen LogP contribution in [-0.4, -0.2) is 110 Å². The Balaban J connectivity index is 2.50. The number of rotatable bonds is 38. The normalized spacial score (nSPS) is 22.8. The molecule has 0 radical (unpaired) electrons. The lowest BCUT2D eigenvalue weighted by Gasteiger charge is -2.41. The van der Waals surface area contributed by atoms with Crippen LogP contribution in [0.5, 0.6) is 0 Å². The van der Waals surface area contributed by atoms with E-state index in [0.29, 0.717) is 19.3 Å². The van der Waals surface area contributed by atoms with Crippen molar-refractivity contribution in [2.24, 2.45) is 0 Å². The van der Waals surface area contributed by atoms with Crippen molar-refractivity contribution in [3.8, 4) is 0 Å². The van der Waals surface area contributed by atoms with E-state index in [1.165, 1.54) is 70.6 Å². The van der Waals surface area contributed by atoms with Crippen LogP contribution in [0.4, 0.5) is 0 Å². The molecule has 0 amide bonds. The van der Waals surface area contributed by atoms with Crippen molar-refractivity contribution in [2.45, 2.75) is 223 Å². The molecule has 3 unspecified atom stereocenters. The first-order valence-electron chi connectivity index (χ1n) is 23.5. The smallest absolute Gasteiger partial charge is 0.462 e. The summed E-state index contributed by atoms with van der Waals surface area (Å²) in [4.78, 5) is 35.7. The summed E-state index contributed by atoms with van der Waals surface area (Å²) in [5.74, 6) is -1.18. The predicted molar refractivity (Wildman–Crippen MR) is 241 cm³/mol. The van der Waals surface area contributed by atoms with E-state index in [-0.39, 0.29) is 18.9 Å². The molecule has 1 rings (SSSR count). The van der Waals surface area contributed by atoms with Crippen molar-refractivity contribution >= 4 is 19.8 Å². The van der Waals surface area contributed by atoms with Gasteiger partial charge in [0.2, 0.25) is 0 Å². The molecule has 0 aromatic carbocycles. The van der Waals surface area contributed by atoms with Crippen LogP contribution in [0.1, 0.15) is 174 Å². The van der Waals surface area contributed by atoms with Crippen LogP contribution >= 0.6 is 7.82 Å². The fraction of sp³-hybridized carbons (Fsp3) is 0.787. The molecule has 1 aliphatic rings. The summed E-state index contributed by atoms with van der Waals surface area (Å²) in [7, 11) is -5.14. The lowest BCUT2D eigenvalue weighted by molar-refractivity contribution is -0.220. The average Bonchev–Trinajstić information content (AvgIpc) is 3.25. The third kappa shape index (κ3) is 29.3. The number of aliphatic hydroxyl groups is 6. The number of phosphoric acid groups is 1. The number of allylic oxidation sites excluding steroid dienone is 8. The molecule has 9 atom stereocenters. The fourth-order valence-electron chi connectivity index (χ4n) is 6.85. The van der Waals surface area contributed by atoms with Crippen LogP contribution in [0.2, 0.25) is 0 Å². The minimum absolute atomic E-state index is 0.00796. The minimum atomic E-state index is -5.14. The third-order valence-electron chi connectivity index (χ3n) is 10.8. The zero-order valence-corrected chi connectivity index (χ0v) is 38.7. The molecule has 14 nitrogen and oxygen atoms in total. The Morgan fingerprint density at radius 3 is 1.50 bits per heavy atom. The molecule has 0 spiro atoms. The van der Waals surface area contributed by atoms with Gasteiger partial charge in [-0.2, -0.15) is 0 Å². The van der Waals surface area contributed by atoms with E-state index in [1.807, 2.05) is 19.1 Å². The monoisotopic (exact) mass is 903 g/mol. The van der Waals surface area contributed by atoms with E-state index in [9.17, 15) is 49.7 Å². The molecule has 0 aliphatic heterocycles. The fourth-order valence-corrected chi connectivity index (χ4v) is 7.82. The second-order valence-corrected chi connectivity index (χ2v) is 17.8. The first-order chi connectivity index (χ1) is 29.8. The Hall–Kier alpha value is -2.23. The van der Waals surface area contributed by atoms with Gasteiger partial charge in [-0.25, -0.2) is 4.57 Å². The van der Waals surface area contributed by atoms with E-state index >= 15 is 0 Å². The zero-order valence-electron chi connectivity index (χ0n) is 37.8. The van der Waals surface area contributed by atoms with E-state index in [0.717, 1.165) is 57.8 Å². The molecule has 0 aromatic heterocycles. The van der Waals surface area contributed by atoms with Gasteiger partial charge in [0.25, 0.3) is 0 Å². The van der Waals surface area contributed by atoms with Gasteiger partial charge in [0.15, 0.2) is 6.10 Å². The van der Waals surface area contributed by atoms with Gasteiger partial charge in [-0.05, 0) is 57.8 Å². The molecular weight excluding hydrogens is 819 g/mol. The molecule has 360 valence electrons. The SMILES string of the molecule is CCCCCCCCCCCCCCCCCC(=O)OC[C@H](COP(=O)(O)OC1[C@H](O)[C@H](O)C(O)[C@H](O)[C@H]1O)OC(=O)CCC/C=C\C/C=C\C/C=C\C/C=C\CC[C@H](O)CC. The number of hydrogen-bond acceptors (Lipinski definition) is 13. The minimum Gasteiger partial charge on any atom is -0.462 e. The highest BCUT2D eigenvalue weighted by Crippen LogP contribution is 2.47. The molecular formula is C47H83O14P. The second kappa shape index (κ2) is 37.0. The molecule has 0 aromatic rings. The first kappa shape index (κ1) is 57.8. The molecule has 7 N–H and O–H groups in total. The van der Waals surface area contributed by atoms with Crippen molar-refractivity contribution in [3.05, 3.63) is 48.6 Å². The van der Waals surface area contributed by atoms with Gasteiger partial charge < -0.3 is 45.0 Å². The molecule has 0 heterocycles. The predicted octanol–water partition coefficient (Wildman–Crippen LogP) is 8.14. The quantitative estimate of drug-likeness (QED) is 0.0134. The molecule has 62 heavy (non-hydrogen) atoms. The molecule has 1 aliphatic carbocycles. The number of unbranched alkanes of at least 4 members (excludes halogenated alkanes) is 15. The van der Waals surface area contributed by atoms with Crippen LogP contribution in [0.25, 0.3) is 0 Å². The average molecular weight is 903 g/mol. The summed E-state index contributed by atoms with van der Waals surface area (Å²) in [6, 6.07) is 0.